The number of benzene rings is 1. The molecule has 13 heteroatoms. The topological polar surface area (TPSA) is 231 Å². The summed E-state index contributed by atoms with van der Waals surface area (Å²) >= 11 is 0. The number of carboxylic acids is 2. The lowest BCUT2D eigenvalue weighted by atomic mass is 10.0. The zero-order valence-corrected chi connectivity index (χ0v) is 20.1. The van der Waals surface area contributed by atoms with Crippen LogP contribution in [0, 0.1) is 5.92 Å². The van der Waals surface area contributed by atoms with Crippen LogP contribution in [0.25, 0.3) is 0 Å². The smallest absolute Gasteiger partial charge is 0.326 e. The van der Waals surface area contributed by atoms with Gasteiger partial charge in [-0.1, -0.05) is 44.2 Å². The van der Waals surface area contributed by atoms with Crippen LogP contribution in [0.2, 0.25) is 0 Å². The molecule has 4 atom stereocenters. The first-order chi connectivity index (χ1) is 16.8. The van der Waals surface area contributed by atoms with Gasteiger partial charge in [0, 0.05) is 12.8 Å². The molecule has 0 fully saturated rings. The van der Waals surface area contributed by atoms with Gasteiger partial charge in [0.1, 0.15) is 18.1 Å². The number of amides is 4. The van der Waals surface area contributed by atoms with E-state index >= 15 is 0 Å². The second-order valence-corrected chi connectivity index (χ2v) is 8.59. The molecule has 0 saturated heterocycles. The third-order valence-corrected chi connectivity index (χ3v) is 5.19. The van der Waals surface area contributed by atoms with Gasteiger partial charge in [0.2, 0.25) is 23.6 Å². The van der Waals surface area contributed by atoms with Gasteiger partial charge in [0.25, 0.3) is 0 Å². The molecular formula is C23H33N5O8. The number of primary amides is 1. The van der Waals surface area contributed by atoms with E-state index in [2.05, 4.69) is 16.0 Å². The average molecular weight is 508 g/mol. The van der Waals surface area contributed by atoms with Crippen molar-refractivity contribution in [1.82, 2.24) is 16.0 Å². The van der Waals surface area contributed by atoms with Gasteiger partial charge in [-0.25, -0.2) is 4.79 Å². The number of nitrogens with one attached hydrogen (secondary N) is 3. The lowest BCUT2D eigenvalue weighted by molar-refractivity contribution is -0.142. The average Bonchev–Trinajstić information content (AvgIpc) is 2.79. The van der Waals surface area contributed by atoms with Crippen LogP contribution < -0.4 is 27.4 Å². The maximum Gasteiger partial charge on any atom is 0.326 e. The van der Waals surface area contributed by atoms with Crippen molar-refractivity contribution >= 4 is 35.6 Å². The van der Waals surface area contributed by atoms with Gasteiger partial charge in [0.15, 0.2) is 0 Å². The van der Waals surface area contributed by atoms with Crippen molar-refractivity contribution < 1.29 is 39.0 Å². The number of carbonyl (C=O) groups is 6. The number of carbonyl (C=O) groups excluding carboxylic acids is 4. The standard InChI is InChI=1S/C23H33N5O8/c1-12(2)19(28-20(32)14(24)8-9-18(30)31)22(34)26-15(11-17(25)29)21(33)27-16(23(35)36)10-13-6-4-3-5-7-13/h3-7,12,14-16,19H,8-11,24H2,1-2H3,(H2,25,29)(H,26,34)(H,27,33)(H,28,32)(H,30,31)(H,35,36)/t14-,15-,16-,19-/m0/s1. The Morgan fingerprint density at radius 1 is 0.861 bits per heavy atom. The van der Waals surface area contributed by atoms with Crippen molar-refractivity contribution in [3.63, 3.8) is 0 Å². The van der Waals surface area contributed by atoms with E-state index in [1.807, 2.05) is 0 Å². The summed E-state index contributed by atoms with van der Waals surface area (Å²) in [6, 6.07) is 3.31. The molecule has 0 aromatic heterocycles. The molecule has 0 aliphatic heterocycles. The maximum absolute atomic E-state index is 12.9. The summed E-state index contributed by atoms with van der Waals surface area (Å²) < 4.78 is 0. The van der Waals surface area contributed by atoms with E-state index in [1.54, 1.807) is 44.2 Å². The molecule has 0 radical (unpaired) electrons. The Kier molecular flexibility index (Phi) is 12.0. The summed E-state index contributed by atoms with van der Waals surface area (Å²) in [5.41, 5.74) is 11.5. The molecule has 36 heavy (non-hydrogen) atoms. The fourth-order valence-electron chi connectivity index (χ4n) is 3.20. The first-order valence-electron chi connectivity index (χ1n) is 11.2. The Hall–Kier alpha value is -4.00. The molecule has 0 heterocycles. The van der Waals surface area contributed by atoms with E-state index in [1.165, 1.54) is 0 Å². The first-order valence-corrected chi connectivity index (χ1v) is 11.2. The predicted molar refractivity (Wildman–Crippen MR) is 127 cm³/mol. The van der Waals surface area contributed by atoms with E-state index in [0.29, 0.717) is 5.56 Å². The van der Waals surface area contributed by atoms with Gasteiger partial charge in [-0.3, -0.25) is 24.0 Å². The molecule has 13 nitrogen and oxygen atoms in total. The Balaban J connectivity index is 2.95. The molecule has 0 saturated carbocycles. The molecule has 198 valence electrons. The van der Waals surface area contributed by atoms with Crippen LogP contribution in [0.4, 0.5) is 0 Å². The lowest BCUT2D eigenvalue weighted by Gasteiger charge is -2.26. The monoisotopic (exact) mass is 507 g/mol. The molecule has 0 bridgehead atoms. The van der Waals surface area contributed by atoms with Gasteiger partial charge >= 0.3 is 11.9 Å². The molecule has 4 amide bonds. The number of hydrogen-bond acceptors (Lipinski definition) is 7. The minimum atomic E-state index is -1.51. The van der Waals surface area contributed by atoms with Crippen molar-refractivity contribution in [2.75, 3.05) is 0 Å². The molecule has 0 aliphatic carbocycles. The van der Waals surface area contributed by atoms with Crippen LogP contribution in [0.15, 0.2) is 30.3 Å². The van der Waals surface area contributed by atoms with Crippen LogP contribution in [-0.4, -0.2) is 69.9 Å². The highest BCUT2D eigenvalue weighted by Gasteiger charge is 2.32. The van der Waals surface area contributed by atoms with E-state index in [0.717, 1.165) is 0 Å². The minimum Gasteiger partial charge on any atom is -0.481 e. The minimum absolute atomic E-state index is 0.0436. The highest BCUT2D eigenvalue weighted by molar-refractivity contribution is 5.96. The Morgan fingerprint density at radius 3 is 1.94 bits per heavy atom. The zero-order valence-electron chi connectivity index (χ0n) is 20.1. The van der Waals surface area contributed by atoms with Gasteiger partial charge < -0.3 is 37.6 Å². The summed E-state index contributed by atoms with van der Waals surface area (Å²) in [5.74, 6) is -6.41. The van der Waals surface area contributed by atoms with Crippen molar-refractivity contribution in [2.24, 2.45) is 17.4 Å². The normalized spacial score (nSPS) is 14.1. The van der Waals surface area contributed by atoms with Crippen molar-refractivity contribution in [2.45, 2.75) is 63.7 Å². The van der Waals surface area contributed by atoms with Crippen molar-refractivity contribution in [1.29, 1.82) is 0 Å². The van der Waals surface area contributed by atoms with E-state index < -0.39 is 72.1 Å². The van der Waals surface area contributed by atoms with Crippen LogP contribution in [0.3, 0.4) is 0 Å². The summed E-state index contributed by atoms with van der Waals surface area (Å²) in [6.45, 7) is 3.22. The predicted octanol–water partition coefficient (Wildman–Crippen LogP) is -1.51. The third-order valence-electron chi connectivity index (χ3n) is 5.19. The van der Waals surface area contributed by atoms with Crippen LogP contribution in [-0.2, 0) is 35.2 Å². The third kappa shape index (κ3) is 10.5. The first kappa shape index (κ1) is 30.0. The van der Waals surface area contributed by atoms with Crippen molar-refractivity contribution in [3.05, 3.63) is 35.9 Å². The van der Waals surface area contributed by atoms with Crippen LogP contribution >= 0.6 is 0 Å². The number of nitrogens with two attached hydrogens (primary N) is 2. The largest absolute Gasteiger partial charge is 0.481 e. The molecule has 0 aliphatic rings. The Bertz CT molecular complexity index is 953. The highest BCUT2D eigenvalue weighted by atomic mass is 16.4. The summed E-state index contributed by atoms with van der Waals surface area (Å²) in [7, 11) is 0. The van der Waals surface area contributed by atoms with E-state index in [9.17, 15) is 33.9 Å². The SMILES string of the molecule is CC(C)[C@H](NC(=O)[C@@H](N)CCC(=O)O)C(=O)N[C@@H](CC(N)=O)C(=O)N[C@@H](Cc1ccccc1)C(=O)O. The quantitative estimate of drug-likeness (QED) is 0.146. The van der Waals surface area contributed by atoms with Gasteiger partial charge in [0.05, 0.1) is 12.5 Å². The Morgan fingerprint density at radius 2 is 1.44 bits per heavy atom. The fourth-order valence-corrected chi connectivity index (χ4v) is 3.20. The van der Waals surface area contributed by atoms with E-state index in [-0.39, 0.29) is 19.3 Å². The summed E-state index contributed by atoms with van der Waals surface area (Å²) in [6.07, 6.45) is -1.16. The molecule has 9 N–H and O–H groups in total. The summed E-state index contributed by atoms with van der Waals surface area (Å²) in [5, 5.41) is 25.3. The van der Waals surface area contributed by atoms with E-state index in [4.69, 9.17) is 16.6 Å². The lowest BCUT2D eigenvalue weighted by Crippen LogP contribution is -2.59. The van der Waals surface area contributed by atoms with Gasteiger partial charge in [-0.05, 0) is 17.9 Å². The molecule has 0 unspecified atom stereocenters. The van der Waals surface area contributed by atoms with Gasteiger partial charge in [-0.2, -0.15) is 0 Å². The van der Waals surface area contributed by atoms with Crippen molar-refractivity contribution in [3.8, 4) is 0 Å². The summed E-state index contributed by atoms with van der Waals surface area (Å²) in [4.78, 5) is 72.0. The zero-order chi connectivity index (χ0) is 27.4. The van der Waals surface area contributed by atoms with Crippen LogP contribution in [0.1, 0.15) is 38.7 Å². The number of rotatable bonds is 15. The number of carboxylic acid groups (broad SMARTS) is 2. The molecular weight excluding hydrogens is 474 g/mol. The number of aliphatic carboxylic acids is 2. The molecule has 0 spiro atoms. The second kappa shape index (κ2) is 14.4. The Labute approximate surface area is 208 Å². The molecule has 1 aromatic carbocycles. The van der Waals surface area contributed by atoms with Gasteiger partial charge in [-0.15, -0.1) is 0 Å². The second-order valence-electron chi connectivity index (χ2n) is 8.59. The molecule has 1 aromatic rings. The highest BCUT2D eigenvalue weighted by Crippen LogP contribution is 2.07. The maximum atomic E-state index is 12.9. The fraction of sp³-hybridized carbons (Fsp3) is 0.478. The van der Waals surface area contributed by atoms with Crippen LogP contribution in [0.5, 0.6) is 0 Å². The molecule has 1 rings (SSSR count). The number of hydrogen-bond donors (Lipinski definition) is 7.